The van der Waals surface area contributed by atoms with E-state index in [1.165, 1.54) is 32.8 Å². The largest absolute Gasteiger partial charge is 0.453 e. The number of nitrogens with zero attached hydrogens (tertiary/aromatic N) is 3. The van der Waals surface area contributed by atoms with Crippen LogP contribution in [0.25, 0.3) is 0 Å². The lowest BCUT2D eigenvalue weighted by Gasteiger charge is -2.32. The SMILES string of the molecule is CCNC(=NCCN(C)C1CCCC1)NC1CCN(C(=O)OC)CC1. The monoisotopic (exact) mass is 353 g/mol. The third-order valence-corrected chi connectivity index (χ3v) is 5.28. The lowest BCUT2D eigenvalue weighted by Crippen LogP contribution is -2.50. The Kier molecular flexibility index (Phi) is 8.31. The Morgan fingerprint density at radius 2 is 1.92 bits per heavy atom. The van der Waals surface area contributed by atoms with Gasteiger partial charge < -0.3 is 25.2 Å². The Hall–Kier alpha value is -1.50. The van der Waals surface area contributed by atoms with E-state index in [9.17, 15) is 4.79 Å². The normalized spacial score (nSPS) is 20.2. The quantitative estimate of drug-likeness (QED) is 0.561. The van der Waals surface area contributed by atoms with E-state index in [1.54, 1.807) is 4.90 Å². The number of piperidine rings is 1. The number of aliphatic imine (C=N–C) groups is 1. The van der Waals surface area contributed by atoms with Gasteiger partial charge in [0.1, 0.15) is 0 Å². The number of hydrogen-bond acceptors (Lipinski definition) is 4. The van der Waals surface area contributed by atoms with Crippen LogP contribution >= 0.6 is 0 Å². The number of methoxy groups -OCH3 is 1. The van der Waals surface area contributed by atoms with Crippen molar-refractivity contribution in [3.63, 3.8) is 0 Å². The van der Waals surface area contributed by atoms with E-state index < -0.39 is 0 Å². The molecule has 0 aromatic heterocycles. The van der Waals surface area contributed by atoms with Crippen molar-refractivity contribution < 1.29 is 9.53 Å². The zero-order valence-corrected chi connectivity index (χ0v) is 16.1. The van der Waals surface area contributed by atoms with Crippen molar-refractivity contribution in [3.05, 3.63) is 0 Å². The maximum Gasteiger partial charge on any atom is 0.409 e. The van der Waals surface area contributed by atoms with E-state index in [1.807, 2.05) is 0 Å². The summed E-state index contributed by atoms with van der Waals surface area (Å²) < 4.78 is 4.79. The Labute approximate surface area is 152 Å². The minimum atomic E-state index is -0.228. The lowest BCUT2D eigenvalue weighted by atomic mass is 10.1. The molecule has 0 bridgehead atoms. The van der Waals surface area contributed by atoms with Gasteiger partial charge >= 0.3 is 6.09 Å². The third kappa shape index (κ3) is 6.38. The zero-order chi connectivity index (χ0) is 18.1. The molecule has 0 aromatic rings. The summed E-state index contributed by atoms with van der Waals surface area (Å²) in [5.74, 6) is 0.888. The van der Waals surface area contributed by atoms with E-state index in [4.69, 9.17) is 9.73 Å². The standard InChI is InChI=1S/C18H35N5O2/c1-4-19-17(20-11-14-22(2)16-7-5-6-8-16)21-15-9-12-23(13-10-15)18(24)25-3/h15-16H,4-14H2,1-3H3,(H2,19,20,21). The first-order valence-electron chi connectivity index (χ1n) is 9.72. The van der Waals surface area contributed by atoms with Crippen LogP contribution in [0.5, 0.6) is 0 Å². The van der Waals surface area contributed by atoms with Crippen molar-refractivity contribution in [2.24, 2.45) is 4.99 Å². The summed E-state index contributed by atoms with van der Waals surface area (Å²) in [7, 11) is 3.65. The second kappa shape index (κ2) is 10.5. The second-order valence-corrected chi connectivity index (χ2v) is 7.06. The summed E-state index contributed by atoms with van der Waals surface area (Å²) in [6.07, 6.45) is 7.01. The second-order valence-electron chi connectivity index (χ2n) is 7.06. The molecule has 144 valence electrons. The van der Waals surface area contributed by atoms with Crippen LogP contribution in [-0.4, -0.2) is 80.8 Å². The number of ether oxygens (including phenoxy) is 1. The summed E-state index contributed by atoms with van der Waals surface area (Å²) in [4.78, 5) is 20.5. The summed E-state index contributed by atoms with van der Waals surface area (Å²) in [5, 5.41) is 6.85. The van der Waals surface area contributed by atoms with Gasteiger partial charge in [-0.15, -0.1) is 0 Å². The van der Waals surface area contributed by atoms with Gasteiger partial charge in [-0.3, -0.25) is 4.99 Å². The van der Waals surface area contributed by atoms with E-state index >= 15 is 0 Å². The molecule has 1 heterocycles. The molecule has 0 unspecified atom stereocenters. The van der Waals surface area contributed by atoms with Gasteiger partial charge in [0.25, 0.3) is 0 Å². The summed E-state index contributed by atoms with van der Waals surface area (Å²) in [6, 6.07) is 1.10. The highest BCUT2D eigenvalue weighted by Crippen LogP contribution is 2.21. The van der Waals surface area contributed by atoms with Crippen molar-refractivity contribution in [3.8, 4) is 0 Å². The summed E-state index contributed by atoms with van der Waals surface area (Å²) in [5.41, 5.74) is 0. The molecule has 1 saturated heterocycles. The minimum Gasteiger partial charge on any atom is -0.453 e. The van der Waals surface area contributed by atoms with Gasteiger partial charge in [0.15, 0.2) is 5.96 Å². The Morgan fingerprint density at radius 3 is 2.52 bits per heavy atom. The van der Waals surface area contributed by atoms with Crippen molar-refractivity contribution in [2.75, 3.05) is 46.9 Å². The highest BCUT2D eigenvalue weighted by Gasteiger charge is 2.23. The number of hydrogen-bond donors (Lipinski definition) is 2. The molecule has 2 N–H and O–H groups in total. The average molecular weight is 354 g/mol. The smallest absolute Gasteiger partial charge is 0.409 e. The van der Waals surface area contributed by atoms with Crippen molar-refractivity contribution in [1.29, 1.82) is 0 Å². The third-order valence-electron chi connectivity index (χ3n) is 5.28. The van der Waals surface area contributed by atoms with Gasteiger partial charge in [0, 0.05) is 38.3 Å². The van der Waals surface area contributed by atoms with E-state index in [-0.39, 0.29) is 6.09 Å². The Balaban J connectivity index is 1.75. The molecule has 0 spiro atoms. The van der Waals surface area contributed by atoms with Crippen molar-refractivity contribution in [1.82, 2.24) is 20.4 Å². The Morgan fingerprint density at radius 1 is 1.24 bits per heavy atom. The van der Waals surface area contributed by atoms with E-state index in [0.717, 1.165) is 57.6 Å². The van der Waals surface area contributed by atoms with Crippen LogP contribution in [-0.2, 0) is 4.74 Å². The predicted octanol–water partition coefficient (Wildman–Crippen LogP) is 1.65. The van der Waals surface area contributed by atoms with Crippen LogP contribution in [0.1, 0.15) is 45.4 Å². The van der Waals surface area contributed by atoms with Gasteiger partial charge in [-0.25, -0.2) is 4.79 Å². The van der Waals surface area contributed by atoms with Crippen LogP contribution in [0.4, 0.5) is 4.79 Å². The molecule has 7 heteroatoms. The molecule has 2 fully saturated rings. The van der Waals surface area contributed by atoms with Crippen LogP contribution in [0.3, 0.4) is 0 Å². The summed E-state index contributed by atoms with van der Waals surface area (Å²) >= 11 is 0. The first-order valence-corrected chi connectivity index (χ1v) is 9.72. The van der Waals surface area contributed by atoms with Crippen molar-refractivity contribution in [2.45, 2.75) is 57.5 Å². The number of guanidine groups is 1. The van der Waals surface area contributed by atoms with E-state index in [0.29, 0.717) is 6.04 Å². The average Bonchev–Trinajstić information content (AvgIpc) is 3.16. The van der Waals surface area contributed by atoms with Gasteiger partial charge in [-0.2, -0.15) is 0 Å². The molecule has 7 nitrogen and oxygen atoms in total. The highest BCUT2D eigenvalue weighted by molar-refractivity contribution is 5.80. The topological polar surface area (TPSA) is 69.2 Å². The van der Waals surface area contributed by atoms with Crippen molar-refractivity contribution >= 4 is 12.1 Å². The zero-order valence-electron chi connectivity index (χ0n) is 16.1. The molecule has 2 rings (SSSR count). The van der Waals surface area contributed by atoms with E-state index in [2.05, 4.69) is 29.5 Å². The maximum absolute atomic E-state index is 11.6. The molecular formula is C18H35N5O2. The van der Waals surface area contributed by atoms with Crippen LogP contribution in [0.15, 0.2) is 4.99 Å². The molecule has 0 atom stereocenters. The number of rotatable bonds is 6. The minimum absolute atomic E-state index is 0.228. The van der Waals surface area contributed by atoms with Gasteiger partial charge in [-0.1, -0.05) is 12.8 Å². The summed E-state index contributed by atoms with van der Waals surface area (Å²) in [6.45, 7) is 6.21. The van der Waals surface area contributed by atoms with Crippen LogP contribution in [0, 0.1) is 0 Å². The molecule has 1 amide bonds. The molecule has 25 heavy (non-hydrogen) atoms. The molecule has 2 aliphatic rings. The molecule has 1 aliphatic carbocycles. The van der Waals surface area contributed by atoms with Gasteiger partial charge in [-0.05, 0) is 39.7 Å². The van der Waals surface area contributed by atoms with Crippen LogP contribution < -0.4 is 10.6 Å². The maximum atomic E-state index is 11.6. The fourth-order valence-electron chi connectivity index (χ4n) is 3.70. The first-order chi connectivity index (χ1) is 12.1. The predicted molar refractivity (Wildman–Crippen MR) is 101 cm³/mol. The fourth-order valence-corrected chi connectivity index (χ4v) is 3.70. The Bertz CT molecular complexity index is 429. The number of likely N-dealkylation sites (N-methyl/N-ethyl adjacent to an activating group) is 1. The molecule has 1 saturated carbocycles. The van der Waals surface area contributed by atoms with Gasteiger partial charge in [0.05, 0.1) is 13.7 Å². The number of carbonyl (C=O) groups is 1. The highest BCUT2D eigenvalue weighted by atomic mass is 16.5. The fraction of sp³-hybridized carbons (Fsp3) is 0.889. The number of nitrogens with one attached hydrogen (secondary N) is 2. The number of carbonyl (C=O) groups excluding carboxylic acids is 1. The molecule has 0 radical (unpaired) electrons. The molecule has 1 aliphatic heterocycles. The first kappa shape index (κ1) is 19.8. The molecular weight excluding hydrogens is 318 g/mol. The lowest BCUT2D eigenvalue weighted by molar-refractivity contribution is 0.111. The van der Waals surface area contributed by atoms with Gasteiger partial charge in [0.2, 0.25) is 0 Å². The molecule has 0 aromatic carbocycles. The number of amides is 1. The van der Waals surface area contributed by atoms with Crippen LogP contribution in [0.2, 0.25) is 0 Å². The number of likely N-dealkylation sites (tertiary alicyclic amines) is 1.